The number of ether oxygens (including phenoxy) is 1. The van der Waals surface area contributed by atoms with Gasteiger partial charge in [-0.25, -0.2) is 0 Å². The van der Waals surface area contributed by atoms with E-state index >= 15 is 0 Å². The Morgan fingerprint density at radius 3 is 1.90 bits per heavy atom. The summed E-state index contributed by atoms with van der Waals surface area (Å²) in [5.41, 5.74) is 0. The highest BCUT2D eigenvalue weighted by molar-refractivity contribution is 6.55. The summed E-state index contributed by atoms with van der Waals surface area (Å²) in [4.78, 5) is 0. The normalized spacial score (nSPS) is 28.1. The van der Waals surface area contributed by atoms with Gasteiger partial charge < -0.3 is 4.74 Å². The molecule has 2 fully saturated rings. The van der Waals surface area contributed by atoms with E-state index in [-0.39, 0.29) is 8.80 Å². The Hall–Kier alpha value is 0.177. The quantitative estimate of drug-likeness (QED) is 0.189. The van der Waals surface area contributed by atoms with Crippen molar-refractivity contribution in [3.05, 3.63) is 0 Å². The molecule has 0 unspecified atom stereocenters. The molecule has 0 amide bonds. The molecule has 2 aliphatic carbocycles. The van der Waals surface area contributed by atoms with E-state index in [1.165, 1.54) is 122 Å². The van der Waals surface area contributed by atoms with Crippen molar-refractivity contribution < 1.29 is 4.74 Å². The summed E-state index contributed by atoms with van der Waals surface area (Å²) in [6, 6.07) is 1.53. The van der Waals surface area contributed by atoms with Gasteiger partial charge in [0.25, 0.3) is 0 Å². The van der Waals surface area contributed by atoms with Gasteiger partial charge in [0, 0.05) is 15.4 Å². The highest BCUT2D eigenvalue weighted by Crippen LogP contribution is 2.41. The van der Waals surface area contributed by atoms with Crippen LogP contribution in [0.1, 0.15) is 122 Å². The monoisotopic (exact) mass is 422 g/mol. The van der Waals surface area contributed by atoms with E-state index in [0.29, 0.717) is 6.10 Å². The second-order valence-electron chi connectivity index (χ2n) is 11.0. The van der Waals surface area contributed by atoms with Crippen LogP contribution < -0.4 is 0 Å². The van der Waals surface area contributed by atoms with Crippen LogP contribution >= 0.6 is 0 Å². The third-order valence-electron chi connectivity index (χ3n) is 8.02. The Bertz CT molecular complexity index is 367. The van der Waals surface area contributed by atoms with Crippen LogP contribution in [0.3, 0.4) is 0 Å². The van der Waals surface area contributed by atoms with Crippen molar-refractivity contribution >= 4 is 8.80 Å². The Morgan fingerprint density at radius 2 is 1.24 bits per heavy atom. The molecule has 0 bridgehead atoms. The predicted octanol–water partition coefficient (Wildman–Crippen LogP) is 8.78. The van der Waals surface area contributed by atoms with E-state index in [1.807, 2.05) is 0 Å². The zero-order valence-electron chi connectivity index (χ0n) is 20.4. The SMILES string of the molecule is CCCCCCCC1CCC(C2CCC(OCCCCCC[SiH](C)C)CC2)CC1. The first-order chi connectivity index (χ1) is 14.2. The highest BCUT2D eigenvalue weighted by Gasteiger charge is 2.30. The summed E-state index contributed by atoms with van der Waals surface area (Å²) in [5, 5.41) is 0. The molecule has 0 heterocycles. The fourth-order valence-corrected chi connectivity index (χ4v) is 7.07. The first-order valence-electron chi connectivity index (χ1n) is 13.8. The molecule has 0 spiro atoms. The Balaban J connectivity index is 1.45. The summed E-state index contributed by atoms with van der Waals surface area (Å²) in [5.74, 6) is 3.15. The molecule has 0 radical (unpaired) electrons. The summed E-state index contributed by atoms with van der Waals surface area (Å²) < 4.78 is 6.24. The molecule has 0 aromatic heterocycles. The maximum absolute atomic E-state index is 6.24. The topological polar surface area (TPSA) is 9.23 Å². The first kappa shape index (κ1) is 25.4. The van der Waals surface area contributed by atoms with Crippen molar-refractivity contribution in [3.8, 4) is 0 Å². The van der Waals surface area contributed by atoms with Gasteiger partial charge in [-0.05, 0) is 62.7 Å². The lowest BCUT2D eigenvalue weighted by molar-refractivity contribution is 0.00529. The molecule has 0 atom stereocenters. The van der Waals surface area contributed by atoms with E-state index in [1.54, 1.807) is 0 Å². The molecule has 2 aliphatic rings. The highest BCUT2D eigenvalue weighted by atomic mass is 28.3. The van der Waals surface area contributed by atoms with Crippen LogP contribution in [-0.2, 0) is 4.74 Å². The third kappa shape index (κ3) is 11.4. The van der Waals surface area contributed by atoms with Gasteiger partial charge in [-0.15, -0.1) is 0 Å². The van der Waals surface area contributed by atoms with Crippen LogP contribution in [-0.4, -0.2) is 21.5 Å². The first-order valence-corrected chi connectivity index (χ1v) is 16.9. The van der Waals surface area contributed by atoms with E-state index in [2.05, 4.69) is 20.0 Å². The number of hydrogen-bond acceptors (Lipinski definition) is 1. The lowest BCUT2D eigenvalue weighted by atomic mass is 9.70. The molecular weight excluding hydrogens is 368 g/mol. The molecule has 0 aliphatic heterocycles. The second kappa shape index (κ2) is 15.9. The van der Waals surface area contributed by atoms with Crippen molar-refractivity contribution in [3.63, 3.8) is 0 Å². The fourth-order valence-electron chi connectivity index (χ4n) is 5.97. The summed E-state index contributed by atoms with van der Waals surface area (Å²) >= 11 is 0. The zero-order valence-corrected chi connectivity index (χ0v) is 21.6. The maximum atomic E-state index is 6.24. The Morgan fingerprint density at radius 1 is 0.655 bits per heavy atom. The molecule has 0 aromatic rings. The summed E-state index contributed by atoms with van der Waals surface area (Å²) in [6.45, 7) is 8.29. The minimum absolute atomic E-state index is 0.316. The van der Waals surface area contributed by atoms with Gasteiger partial charge >= 0.3 is 0 Å². The van der Waals surface area contributed by atoms with E-state index in [4.69, 9.17) is 4.74 Å². The minimum Gasteiger partial charge on any atom is -0.378 e. The van der Waals surface area contributed by atoms with E-state index in [9.17, 15) is 0 Å². The van der Waals surface area contributed by atoms with Crippen molar-refractivity contribution in [1.29, 1.82) is 0 Å². The van der Waals surface area contributed by atoms with Gasteiger partial charge in [0.15, 0.2) is 0 Å². The molecule has 2 heteroatoms. The molecular formula is C27H54OSi. The standard InChI is InChI=1S/C27H54OSi/c1-4-5-6-7-10-13-24-14-16-25(17-15-24)26-18-20-27(21-19-26)28-22-11-8-9-12-23-29(2)3/h24-27,29H,4-23H2,1-3H3. The minimum atomic E-state index is -0.316. The summed E-state index contributed by atoms with van der Waals surface area (Å²) in [6.07, 6.45) is 26.7. The van der Waals surface area contributed by atoms with Gasteiger partial charge in [-0.3, -0.25) is 0 Å². The molecule has 172 valence electrons. The van der Waals surface area contributed by atoms with Crippen LogP contribution in [0.4, 0.5) is 0 Å². The molecule has 2 rings (SSSR count). The molecule has 0 saturated heterocycles. The van der Waals surface area contributed by atoms with E-state index in [0.717, 1.165) is 24.4 Å². The van der Waals surface area contributed by atoms with Crippen molar-refractivity contribution in [2.75, 3.05) is 6.61 Å². The van der Waals surface area contributed by atoms with Crippen LogP contribution in [0.25, 0.3) is 0 Å². The van der Waals surface area contributed by atoms with Crippen LogP contribution in [0, 0.1) is 17.8 Å². The lowest BCUT2D eigenvalue weighted by Gasteiger charge is -2.38. The average Bonchev–Trinajstić information content (AvgIpc) is 2.74. The lowest BCUT2D eigenvalue weighted by Crippen LogP contribution is -2.28. The molecule has 0 N–H and O–H groups in total. The zero-order chi connectivity index (χ0) is 20.7. The fraction of sp³-hybridized carbons (Fsp3) is 1.00. The van der Waals surface area contributed by atoms with Crippen molar-refractivity contribution in [2.45, 2.75) is 148 Å². The molecule has 2 saturated carbocycles. The summed E-state index contributed by atoms with van der Waals surface area (Å²) in [7, 11) is -0.316. The van der Waals surface area contributed by atoms with Crippen LogP contribution in [0.2, 0.25) is 19.1 Å². The average molecular weight is 423 g/mol. The van der Waals surface area contributed by atoms with Crippen LogP contribution in [0.5, 0.6) is 0 Å². The predicted molar refractivity (Wildman–Crippen MR) is 133 cm³/mol. The Kier molecular flexibility index (Phi) is 13.9. The van der Waals surface area contributed by atoms with Crippen molar-refractivity contribution in [1.82, 2.24) is 0 Å². The Labute approximate surface area is 185 Å². The van der Waals surface area contributed by atoms with Gasteiger partial charge in [-0.2, -0.15) is 0 Å². The van der Waals surface area contributed by atoms with Gasteiger partial charge in [-0.1, -0.05) is 96.7 Å². The largest absolute Gasteiger partial charge is 0.378 e. The van der Waals surface area contributed by atoms with E-state index < -0.39 is 0 Å². The van der Waals surface area contributed by atoms with Crippen LogP contribution in [0.15, 0.2) is 0 Å². The van der Waals surface area contributed by atoms with Gasteiger partial charge in [0.05, 0.1) is 6.10 Å². The smallest absolute Gasteiger partial charge is 0.0575 e. The third-order valence-corrected chi connectivity index (χ3v) is 9.59. The second-order valence-corrected chi connectivity index (χ2v) is 14.4. The molecule has 29 heavy (non-hydrogen) atoms. The molecule has 0 aromatic carbocycles. The number of hydrogen-bond donors (Lipinski definition) is 0. The molecule has 1 nitrogen and oxygen atoms in total. The number of unbranched alkanes of at least 4 members (excludes halogenated alkanes) is 7. The van der Waals surface area contributed by atoms with Gasteiger partial charge in [0.2, 0.25) is 0 Å². The van der Waals surface area contributed by atoms with Crippen molar-refractivity contribution in [2.24, 2.45) is 17.8 Å². The van der Waals surface area contributed by atoms with Gasteiger partial charge in [0.1, 0.15) is 0 Å². The maximum Gasteiger partial charge on any atom is 0.0575 e. The number of rotatable bonds is 15.